The van der Waals surface area contributed by atoms with Crippen LogP contribution < -0.4 is 0 Å². The summed E-state index contributed by atoms with van der Waals surface area (Å²) >= 11 is 3.24. The molecule has 0 atom stereocenters. The third-order valence-electron chi connectivity index (χ3n) is 2.52. The van der Waals surface area contributed by atoms with Crippen molar-refractivity contribution in [3.05, 3.63) is 28.5 Å². The highest BCUT2D eigenvalue weighted by Gasteiger charge is 2.33. The molecule has 86 valence electrons. The Bertz CT molecular complexity index is 393. The highest BCUT2D eigenvalue weighted by Crippen LogP contribution is 2.27. The number of amides is 1. The fourth-order valence-corrected chi connectivity index (χ4v) is 1.96. The van der Waals surface area contributed by atoms with Gasteiger partial charge >= 0.3 is 0 Å². The van der Waals surface area contributed by atoms with Gasteiger partial charge in [-0.1, -0.05) is 6.07 Å². The number of carbonyl (C=O) groups is 1. The topological polar surface area (TPSA) is 53.4 Å². The maximum atomic E-state index is 12.1. The summed E-state index contributed by atoms with van der Waals surface area (Å²) < 4.78 is 0.651. The first kappa shape index (κ1) is 11.5. The van der Waals surface area contributed by atoms with Crippen LogP contribution in [0.3, 0.4) is 0 Å². The summed E-state index contributed by atoms with van der Waals surface area (Å²) in [5, 5.41) is 8.94. The van der Waals surface area contributed by atoms with Gasteiger partial charge in [-0.05, 0) is 40.9 Å². The fourth-order valence-electron chi connectivity index (χ4n) is 1.62. The number of nitrogens with zero attached hydrogens (tertiary/aromatic N) is 2. The smallest absolute Gasteiger partial charge is 0.272 e. The van der Waals surface area contributed by atoms with Gasteiger partial charge in [0.05, 0.1) is 6.61 Å². The number of halogens is 1. The van der Waals surface area contributed by atoms with E-state index < -0.39 is 0 Å². The quantitative estimate of drug-likeness (QED) is 0.852. The first-order valence-corrected chi connectivity index (χ1v) is 6.06. The highest BCUT2D eigenvalue weighted by molar-refractivity contribution is 9.10. The Hall–Kier alpha value is -0.940. The van der Waals surface area contributed by atoms with Crippen LogP contribution in [-0.4, -0.2) is 40.1 Å². The van der Waals surface area contributed by atoms with Gasteiger partial charge in [0.1, 0.15) is 10.3 Å². The molecule has 1 amide bonds. The molecule has 1 aliphatic rings. The molecular formula is C11H13BrN2O2. The van der Waals surface area contributed by atoms with Crippen LogP contribution in [0.2, 0.25) is 0 Å². The number of aromatic nitrogens is 1. The zero-order valence-electron chi connectivity index (χ0n) is 8.77. The molecule has 1 aliphatic carbocycles. The second-order valence-electron chi connectivity index (χ2n) is 3.80. The largest absolute Gasteiger partial charge is 0.395 e. The van der Waals surface area contributed by atoms with Crippen LogP contribution in [0.15, 0.2) is 22.8 Å². The second-order valence-corrected chi connectivity index (χ2v) is 4.61. The summed E-state index contributed by atoms with van der Waals surface area (Å²) in [5.41, 5.74) is 0.426. The van der Waals surface area contributed by atoms with Gasteiger partial charge in [-0.15, -0.1) is 0 Å². The van der Waals surface area contributed by atoms with Crippen molar-refractivity contribution in [3.63, 3.8) is 0 Å². The van der Waals surface area contributed by atoms with E-state index in [-0.39, 0.29) is 12.5 Å². The SMILES string of the molecule is O=C(c1cccc(Br)n1)N(CCO)C1CC1. The number of rotatable bonds is 4. The lowest BCUT2D eigenvalue weighted by molar-refractivity contribution is 0.0701. The first-order valence-electron chi connectivity index (χ1n) is 5.27. The Morgan fingerprint density at radius 2 is 2.31 bits per heavy atom. The summed E-state index contributed by atoms with van der Waals surface area (Å²) in [5.74, 6) is -0.0992. The minimum Gasteiger partial charge on any atom is -0.395 e. The van der Waals surface area contributed by atoms with E-state index in [0.717, 1.165) is 12.8 Å². The summed E-state index contributed by atoms with van der Waals surface area (Å²) in [6, 6.07) is 5.55. The Balaban J connectivity index is 2.15. The Morgan fingerprint density at radius 1 is 1.56 bits per heavy atom. The van der Waals surface area contributed by atoms with E-state index in [2.05, 4.69) is 20.9 Å². The van der Waals surface area contributed by atoms with Crippen molar-refractivity contribution in [1.82, 2.24) is 9.88 Å². The molecule has 0 unspecified atom stereocenters. The molecule has 5 heteroatoms. The molecule has 2 rings (SSSR count). The van der Waals surface area contributed by atoms with Gasteiger partial charge < -0.3 is 10.0 Å². The lowest BCUT2D eigenvalue weighted by Gasteiger charge is -2.20. The van der Waals surface area contributed by atoms with Crippen molar-refractivity contribution in [3.8, 4) is 0 Å². The summed E-state index contributed by atoms with van der Waals surface area (Å²) in [6.45, 7) is 0.383. The van der Waals surface area contributed by atoms with Crippen LogP contribution in [0.25, 0.3) is 0 Å². The Labute approximate surface area is 102 Å². The van der Waals surface area contributed by atoms with Crippen molar-refractivity contribution < 1.29 is 9.90 Å². The standard InChI is InChI=1S/C11H13BrN2O2/c12-10-3-1-2-9(13-10)11(16)14(6-7-15)8-4-5-8/h1-3,8,15H,4-7H2. The minimum absolute atomic E-state index is 0.00373. The van der Waals surface area contributed by atoms with Crippen molar-refractivity contribution in [2.45, 2.75) is 18.9 Å². The predicted octanol–water partition coefficient (Wildman–Crippen LogP) is 1.44. The zero-order valence-corrected chi connectivity index (χ0v) is 10.4. The van der Waals surface area contributed by atoms with Crippen LogP contribution in [0.5, 0.6) is 0 Å². The third-order valence-corrected chi connectivity index (χ3v) is 2.97. The van der Waals surface area contributed by atoms with E-state index in [1.807, 2.05) is 0 Å². The van der Waals surface area contributed by atoms with E-state index in [9.17, 15) is 4.79 Å². The predicted molar refractivity (Wildman–Crippen MR) is 63.1 cm³/mol. The maximum absolute atomic E-state index is 12.1. The normalized spacial score (nSPS) is 14.9. The van der Waals surface area contributed by atoms with E-state index in [1.54, 1.807) is 23.1 Å². The number of pyridine rings is 1. The van der Waals surface area contributed by atoms with Crippen LogP contribution in [-0.2, 0) is 0 Å². The number of aliphatic hydroxyl groups is 1. The number of carbonyl (C=O) groups excluding carboxylic acids is 1. The summed E-state index contributed by atoms with van der Waals surface area (Å²) in [6.07, 6.45) is 2.06. The summed E-state index contributed by atoms with van der Waals surface area (Å²) in [4.78, 5) is 17.9. The average Bonchev–Trinajstić information content (AvgIpc) is 3.09. The number of hydrogen-bond donors (Lipinski definition) is 1. The van der Waals surface area contributed by atoms with E-state index in [1.165, 1.54) is 0 Å². The van der Waals surface area contributed by atoms with E-state index >= 15 is 0 Å². The molecule has 0 aromatic carbocycles. The van der Waals surface area contributed by atoms with Gasteiger partial charge in [-0.2, -0.15) is 0 Å². The van der Waals surface area contributed by atoms with E-state index in [4.69, 9.17) is 5.11 Å². The minimum atomic E-state index is -0.0992. The van der Waals surface area contributed by atoms with Crippen molar-refractivity contribution in [1.29, 1.82) is 0 Å². The first-order chi connectivity index (χ1) is 7.72. The Kier molecular flexibility index (Phi) is 3.56. The molecule has 0 radical (unpaired) electrons. The molecule has 1 aromatic heterocycles. The molecule has 4 nitrogen and oxygen atoms in total. The lowest BCUT2D eigenvalue weighted by Crippen LogP contribution is -2.36. The fraction of sp³-hybridized carbons (Fsp3) is 0.455. The van der Waals surface area contributed by atoms with E-state index in [0.29, 0.717) is 22.9 Å². The zero-order chi connectivity index (χ0) is 11.5. The molecule has 1 N–H and O–H groups in total. The van der Waals surface area contributed by atoms with Gasteiger partial charge in [0, 0.05) is 12.6 Å². The van der Waals surface area contributed by atoms with Gasteiger partial charge in [0.25, 0.3) is 5.91 Å². The molecule has 0 saturated heterocycles. The molecule has 16 heavy (non-hydrogen) atoms. The summed E-state index contributed by atoms with van der Waals surface area (Å²) in [7, 11) is 0. The molecule has 0 aliphatic heterocycles. The molecule has 1 aromatic rings. The molecule has 1 saturated carbocycles. The highest BCUT2D eigenvalue weighted by atomic mass is 79.9. The van der Waals surface area contributed by atoms with Crippen LogP contribution >= 0.6 is 15.9 Å². The van der Waals surface area contributed by atoms with Crippen LogP contribution in [0, 0.1) is 0 Å². The molecular weight excluding hydrogens is 272 g/mol. The van der Waals surface area contributed by atoms with Gasteiger partial charge in [0.15, 0.2) is 0 Å². The van der Waals surface area contributed by atoms with Crippen LogP contribution in [0.4, 0.5) is 0 Å². The molecule has 0 bridgehead atoms. The van der Waals surface area contributed by atoms with Crippen LogP contribution in [0.1, 0.15) is 23.3 Å². The third kappa shape index (κ3) is 2.59. The number of hydrogen-bond acceptors (Lipinski definition) is 3. The Morgan fingerprint density at radius 3 is 2.88 bits per heavy atom. The van der Waals surface area contributed by atoms with Crippen molar-refractivity contribution in [2.24, 2.45) is 0 Å². The monoisotopic (exact) mass is 284 g/mol. The van der Waals surface area contributed by atoms with Gasteiger partial charge in [-0.3, -0.25) is 4.79 Å². The molecule has 0 spiro atoms. The molecule has 1 fully saturated rings. The lowest BCUT2D eigenvalue weighted by atomic mass is 10.3. The van der Waals surface area contributed by atoms with Crippen molar-refractivity contribution >= 4 is 21.8 Å². The van der Waals surface area contributed by atoms with Gasteiger partial charge in [0.2, 0.25) is 0 Å². The van der Waals surface area contributed by atoms with Gasteiger partial charge in [-0.25, -0.2) is 4.98 Å². The maximum Gasteiger partial charge on any atom is 0.272 e. The second kappa shape index (κ2) is 4.93. The number of aliphatic hydroxyl groups excluding tert-OH is 1. The average molecular weight is 285 g/mol. The van der Waals surface area contributed by atoms with Crippen molar-refractivity contribution in [2.75, 3.05) is 13.2 Å². The molecule has 1 heterocycles.